The molecule has 0 aromatic carbocycles. The lowest BCUT2D eigenvalue weighted by Crippen LogP contribution is -2.19. The zero-order valence-corrected chi connectivity index (χ0v) is 5.92. The minimum Gasteiger partial charge on any atom is -0.285 e. The van der Waals surface area contributed by atoms with Gasteiger partial charge in [-0.3, -0.25) is 4.79 Å². The predicted molar refractivity (Wildman–Crippen MR) is 33.7 cm³/mol. The van der Waals surface area contributed by atoms with E-state index in [0.717, 1.165) is 17.2 Å². The minimum absolute atomic E-state index is 0.505. The number of alkyl halides is 3. The Morgan fingerprint density at radius 1 is 1.50 bits per heavy atom. The maximum Gasteiger partial charge on any atom is 0.454 e. The third-order valence-corrected chi connectivity index (χ3v) is 1.04. The van der Waals surface area contributed by atoms with Crippen molar-refractivity contribution >= 4 is 17.5 Å². The molecule has 0 amide bonds. The molecule has 0 aromatic rings. The average molecular weight is 170 g/mol. The Labute approximate surface area is 60.3 Å². The normalized spacial score (nSPS) is 12.4. The standard InChI is InChI=1S/C5H5F3OS/c1-10-3-2-4(9)5(6,7)8/h2-3H,1H3/b3-2+. The lowest BCUT2D eigenvalue weighted by molar-refractivity contribution is -0.165. The molecule has 10 heavy (non-hydrogen) atoms. The summed E-state index contributed by atoms with van der Waals surface area (Å²) in [7, 11) is 0. The quantitative estimate of drug-likeness (QED) is 0.589. The zero-order valence-electron chi connectivity index (χ0n) is 5.11. The number of rotatable bonds is 2. The van der Waals surface area contributed by atoms with Crippen molar-refractivity contribution in [3.8, 4) is 0 Å². The molecular formula is C5H5F3OS. The van der Waals surface area contributed by atoms with E-state index < -0.39 is 12.0 Å². The molecule has 1 nitrogen and oxygen atoms in total. The molecule has 0 spiro atoms. The van der Waals surface area contributed by atoms with Gasteiger partial charge >= 0.3 is 6.18 Å². The van der Waals surface area contributed by atoms with Crippen LogP contribution in [0.25, 0.3) is 0 Å². The van der Waals surface area contributed by atoms with E-state index in [9.17, 15) is 18.0 Å². The van der Waals surface area contributed by atoms with Gasteiger partial charge in [-0.1, -0.05) is 0 Å². The fraction of sp³-hybridized carbons (Fsp3) is 0.400. The van der Waals surface area contributed by atoms with Crippen molar-refractivity contribution in [1.82, 2.24) is 0 Å². The van der Waals surface area contributed by atoms with E-state index in [-0.39, 0.29) is 0 Å². The first-order chi connectivity index (χ1) is 4.48. The van der Waals surface area contributed by atoms with Gasteiger partial charge in [0.1, 0.15) is 0 Å². The van der Waals surface area contributed by atoms with Gasteiger partial charge in [-0.25, -0.2) is 0 Å². The molecule has 0 heterocycles. The smallest absolute Gasteiger partial charge is 0.285 e. The Bertz CT molecular complexity index is 149. The van der Waals surface area contributed by atoms with Gasteiger partial charge < -0.3 is 0 Å². The van der Waals surface area contributed by atoms with E-state index in [1.807, 2.05) is 0 Å². The summed E-state index contributed by atoms with van der Waals surface area (Å²) in [5, 5.41) is 1.09. The molecule has 0 bridgehead atoms. The van der Waals surface area contributed by atoms with Crippen molar-refractivity contribution in [1.29, 1.82) is 0 Å². The second-order valence-electron chi connectivity index (χ2n) is 1.40. The van der Waals surface area contributed by atoms with Gasteiger partial charge in [0, 0.05) is 0 Å². The van der Waals surface area contributed by atoms with Crippen molar-refractivity contribution in [3.63, 3.8) is 0 Å². The highest BCUT2D eigenvalue weighted by atomic mass is 32.2. The number of ketones is 1. The third kappa shape index (κ3) is 3.55. The Balaban J connectivity index is 3.98. The summed E-state index contributed by atoms with van der Waals surface area (Å²) < 4.78 is 34.1. The topological polar surface area (TPSA) is 17.1 Å². The molecule has 0 unspecified atom stereocenters. The summed E-state index contributed by atoms with van der Waals surface area (Å²) in [5.74, 6) is -1.82. The second-order valence-corrected chi connectivity index (χ2v) is 2.14. The molecular weight excluding hydrogens is 165 g/mol. The molecule has 0 saturated heterocycles. The van der Waals surface area contributed by atoms with Crippen LogP contribution in [-0.2, 0) is 4.79 Å². The van der Waals surface area contributed by atoms with Gasteiger partial charge in [0.15, 0.2) is 0 Å². The molecule has 0 aliphatic heterocycles. The van der Waals surface area contributed by atoms with Crippen molar-refractivity contribution in [3.05, 3.63) is 11.5 Å². The van der Waals surface area contributed by atoms with Crippen LogP contribution >= 0.6 is 11.8 Å². The monoisotopic (exact) mass is 170 g/mol. The van der Waals surface area contributed by atoms with Crippen LogP contribution in [-0.4, -0.2) is 18.2 Å². The molecule has 5 heteroatoms. The van der Waals surface area contributed by atoms with Gasteiger partial charge in [-0.2, -0.15) is 13.2 Å². The summed E-state index contributed by atoms with van der Waals surface area (Å²) in [6.45, 7) is 0. The van der Waals surface area contributed by atoms with E-state index in [0.29, 0.717) is 6.08 Å². The molecule has 0 aliphatic rings. The fourth-order valence-electron chi connectivity index (χ4n) is 0.224. The highest BCUT2D eigenvalue weighted by Crippen LogP contribution is 2.16. The number of halogens is 3. The molecule has 0 fully saturated rings. The fourth-order valence-corrected chi connectivity index (χ4v) is 0.484. The second kappa shape index (κ2) is 3.65. The Kier molecular flexibility index (Phi) is 3.49. The van der Waals surface area contributed by atoms with E-state index in [1.54, 1.807) is 6.26 Å². The highest BCUT2D eigenvalue weighted by molar-refractivity contribution is 8.01. The zero-order chi connectivity index (χ0) is 8.20. The van der Waals surface area contributed by atoms with Crippen LogP contribution in [0, 0.1) is 0 Å². The Morgan fingerprint density at radius 2 is 2.00 bits per heavy atom. The van der Waals surface area contributed by atoms with Crippen molar-refractivity contribution in [2.45, 2.75) is 6.18 Å². The molecule has 0 aromatic heterocycles. The maximum atomic E-state index is 11.4. The van der Waals surface area contributed by atoms with Crippen LogP contribution in [0.15, 0.2) is 11.5 Å². The largest absolute Gasteiger partial charge is 0.454 e. The number of thioether (sulfide) groups is 1. The molecule has 58 valence electrons. The first-order valence-corrected chi connectivity index (χ1v) is 3.57. The van der Waals surface area contributed by atoms with Crippen LogP contribution in [0.3, 0.4) is 0 Å². The van der Waals surface area contributed by atoms with E-state index in [1.165, 1.54) is 0 Å². The van der Waals surface area contributed by atoms with Crippen molar-refractivity contribution in [2.24, 2.45) is 0 Å². The summed E-state index contributed by atoms with van der Waals surface area (Å²) >= 11 is 1.04. The SMILES string of the molecule is CS/C=C/C(=O)C(F)(F)F. The molecule has 0 saturated carbocycles. The van der Waals surface area contributed by atoms with Crippen LogP contribution in [0.5, 0.6) is 0 Å². The number of hydrogen-bond acceptors (Lipinski definition) is 2. The average Bonchev–Trinajstić information content (AvgIpc) is 1.80. The van der Waals surface area contributed by atoms with E-state index in [4.69, 9.17) is 0 Å². The van der Waals surface area contributed by atoms with Crippen molar-refractivity contribution < 1.29 is 18.0 Å². The van der Waals surface area contributed by atoms with Crippen LogP contribution < -0.4 is 0 Å². The highest BCUT2D eigenvalue weighted by Gasteiger charge is 2.35. The molecule has 0 aliphatic carbocycles. The van der Waals surface area contributed by atoms with Crippen LogP contribution in [0.2, 0.25) is 0 Å². The number of carbonyl (C=O) groups excluding carboxylic acids is 1. The minimum atomic E-state index is -4.73. The van der Waals surface area contributed by atoms with Crippen LogP contribution in [0.4, 0.5) is 13.2 Å². The summed E-state index contributed by atoms with van der Waals surface area (Å²) in [6, 6.07) is 0. The third-order valence-electron chi connectivity index (χ3n) is 0.635. The Hall–Kier alpha value is -0.450. The lowest BCUT2D eigenvalue weighted by Gasteiger charge is -1.97. The number of carbonyl (C=O) groups is 1. The van der Waals surface area contributed by atoms with Gasteiger partial charge in [-0.15, -0.1) is 11.8 Å². The maximum absolute atomic E-state index is 11.4. The van der Waals surface area contributed by atoms with Gasteiger partial charge in [0.05, 0.1) is 0 Å². The summed E-state index contributed by atoms with van der Waals surface area (Å²) in [6.07, 6.45) is -2.66. The first-order valence-electron chi connectivity index (χ1n) is 2.29. The molecule has 0 rings (SSSR count). The van der Waals surface area contributed by atoms with E-state index >= 15 is 0 Å². The number of hydrogen-bond donors (Lipinski definition) is 0. The van der Waals surface area contributed by atoms with Gasteiger partial charge in [-0.05, 0) is 17.7 Å². The molecule has 0 radical (unpaired) electrons. The van der Waals surface area contributed by atoms with Gasteiger partial charge in [0.2, 0.25) is 0 Å². The summed E-state index contributed by atoms with van der Waals surface area (Å²) in [4.78, 5) is 10.00. The predicted octanol–water partition coefficient (Wildman–Crippen LogP) is 1.99. The van der Waals surface area contributed by atoms with E-state index in [2.05, 4.69) is 0 Å². The lowest BCUT2D eigenvalue weighted by atomic mass is 10.4. The Morgan fingerprint density at radius 3 is 2.30 bits per heavy atom. The van der Waals surface area contributed by atoms with Crippen LogP contribution in [0.1, 0.15) is 0 Å². The van der Waals surface area contributed by atoms with Gasteiger partial charge in [0.25, 0.3) is 5.78 Å². The molecule has 0 N–H and O–H groups in total. The summed E-state index contributed by atoms with van der Waals surface area (Å²) in [5.41, 5.74) is 0. The van der Waals surface area contributed by atoms with Crippen molar-refractivity contribution in [2.75, 3.05) is 6.26 Å². The first kappa shape index (κ1) is 9.55. The molecule has 0 atom stereocenters. The number of allylic oxidation sites excluding steroid dienone is 1.